The average Bonchev–Trinajstić information content (AvgIpc) is 2.34. The quantitative estimate of drug-likeness (QED) is 0.829. The van der Waals surface area contributed by atoms with Crippen molar-refractivity contribution in [1.29, 1.82) is 0 Å². The number of benzene rings is 1. The fraction of sp³-hybridized carbons (Fsp3) is 0.273. The third kappa shape index (κ3) is 4.82. The molecule has 2 amide bonds. The molecule has 0 aliphatic heterocycles. The summed E-state index contributed by atoms with van der Waals surface area (Å²) < 4.78 is 30.8. The lowest BCUT2D eigenvalue weighted by atomic mass is 10.3. The molecule has 0 fully saturated rings. The Morgan fingerprint density at radius 2 is 2.00 bits per heavy atom. The number of halogens is 3. The van der Waals surface area contributed by atoms with E-state index in [0.717, 1.165) is 6.07 Å². The molecular weight excluding hydrogens is 326 g/mol. The van der Waals surface area contributed by atoms with Gasteiger partial charge in [-0.2, -0.15) is 0 Å². The van der Waals surface area contributed by atoms with Crippen LogP contribution in [0, 0.1) is 11.6 Å². The Bertz CT molecular complexity index is 497. The van der Waals surface area contributed by atoms with E-state index >= 15 is 0 Å². The van der Waals surface area contributed by atoms with Crippen molar-refractivity contribution < 1.29 is 23.1 Å². The van der Waals surface area contributed by atoms with Gasteiger partial charge in [0.1, 0.15) is 18.2 Å². The van der Waals surface area contributed by atoms with E-state index in [1.54, 1.807) is 6.92 Å². The van der Waals surface area contributed by atoms with Gasteiger partial charge in [0.15, 0.2) is 0 Å². The van der Waals surface area contributed by atoms with Crippen molar-refractivity contribution in [3.8, 4) is 0 Å². The molecule has 0 heterocycles. The van der Waals surface area contributed by atoms with Crippen molar-refractivity contribution in [2.75, 3.05) is 18.5 Å². The van der Waals surface area contributed by atoms with E-state index in [1.165, 1.54) is 0 Å². The van der Waals surface area contributed by atoms with Crippen LogP contribution in [0.3, 0.4) is 0 Å². The van der Waals surface area contributed by atoms with E-state index < -0.39 is 23.6 Å². The highest BCUT2D eigenvalue weighted by atomic mass is 79.9. The number of ether oxygens (including phenoxy) is 1. The van der Waals surface area contributed by atoms with E-state index in [4.69, 9.17) is 0 Å². The minimum atomic E-state index is -0.912. The Balaban J connectivity index is 2.58. The van der Waals surface area contributed by atoms with Crippen molar-refractivity contribution >= 4 is 33.6 Å². The molecule has 0 atom stereocenters. The van der Waals surface area contributed by atoms with Crippen LogP contribution in [0.25, 0.3) is 0 Å². The predicted molar refractivity (Wildman–Crippen MR) is 67.7 cm³/mol. The molecule has 104 valence electrons. The summed E-state index contributed by atoms with van der Waals surface area (Å²) in [6, 6.07) is 1.73. The van der Waals surface area contributed by atoms with Crippen LogP contribution in [-0.4, -0.2) is 25.2 Å². The summed E-state index contributed by atoms with van der Waals surface area (Å²) in [6.07, 6.45) is -0.751. The van der Waals surface area contributed by atoms with Crippen LogP contribution >= 0.6 is 15.9 Å². The first kappa shape index (κ1) is 15.4. The van der Waals surface area contributed by atoms with Crippen LogP contribution in [0.1, 0.15) is 6.92 Å². The monoisotopic (exact) mass is 336 g/mol. The third-order valence-corrected chi connectivity index (χ3v) is 2.56. The number of amides is 2. The van der Waals surface area contributed by atoms with Crippen LogP contribution in [0.4, 0.5) is 19.3 Å². The van der Waals surface area contributed by atoms with Crippen molar-refractivity contribution in [3.63, 3.8) is 0 Å². The number of rotatable bonds is 4. The number of alkyl carbamates (subject to hydrolysis) is 1. The summed E-state index contributed by atoms with van der Waals surface area (Å²) in [5, 5.41) is 4.36. The Kier molecular flexibility index (Phi) is 5.68. The molecule has 0 aliphatic rings. The summed E-state index contributed by atoms with van der Waals surface area (Å²) in [4.78, 5) is 22.3. The first-order valence-corrected chi connectivity index (χ1v) is 6.08. The Morgan fingerprint density at radius 3 is 2.63 bits per heavy atom. The van der Waals surface area contributed by atoms with Crippen LogP contribution in [-0.2, 0) is 9.53 Å². The third-order valence-electron chi connectivity index (χ3n) is 1.95. The zero-order valence-corrected chi connectivity index (χ0v) is 11.5. The van der Waals surface area contributed by atoms with Gasteiger partial charge in [-0.05, 0) is 28.9 Å². The number of anilines is 1. The van der Waals surface area contributed by atoms with Gasteiger partial charge in [0.2, 0.25) is 5.91 Å². The summed E-state index contributed by atoms with van der Waals surface area (Å²) in [5.41, 5.74) is -0.191. The zero-order valence-electron chi connectivity index (χ0n) is 9.93. The molecule has 0 radical (unpaired) electrons. The molecule has 0 bridgehead atoms. The SMILES string of the molecule is CCOC(=O)NCC(=O)Nc1cc(Br)c(F)cc1F. The summed E-state index contributed by atoms with van der Waals surface area (Å²) in [6.45, 7) is 1.41. The van der Waals surface area contributed by atoms with Gasteiger partial charge in [-0.1, -0.05) is 0 Å². The average molecular weight is 337 g/mol. The fourth-order valence-electron chi connectivity index (χ4n) is 1.15. The number of carbonyl (C=O) groups is 2. The van der Waals surface area contributed by atoms with Gasteiger partial charge >= 0.3 is 6.09 Å². The largest absolute Gasteiger partial charge is 0.450 e. The smallest absolute Gasteiger partial charge is 0.407 e. The fourth-order valence-corrected chi connectivity index (χ4v) is 1.49. The van der Waals surface area contributed by atoms with Gasteiger partial charge in [-0.25, -0.2) is 13.6 Å². The molecule has 0 aromatic heterocycles. The highest BCUT2D eigenvalue weighted by molar-refractivity contribution is 9.10. The zero-order chi connectivity index (χ0) is 14.4. The normalized spacial score (nSPS) is 9.89. The highest BCUT2D eigenvalue weighted by Crippen LogP contribution is 2.23. The first-order chi connectivity index (χ1) is 8.93. The molecule has 0 saturated heterocycles. The number of hydrogen-bond donors (Lipinski definition) is 2. The van der Waals surface area contributed by atoms with E-state index in [1.807, 2.05) is 0 Å². The predicted octanol–water partition coefficient (Wildman–Crippen LogP) is 2.41. The number of nitrogens with one attached hydrogen (secondary N) is 2. The first-order valence-electron chi connectivity index (χ1n) is 5.29. The number of hydrogen-bond acceptors (Lipinski definition) is 3. The van der Waals surface area contributed by atoms with Crippen LogP contribution in [0.5, 0.6) is 0 Å². The van der Waals surface area contributed by atoms with Crippen LogP contribution < -0.4 is 10.6 Å². The second kappa shape index (κ2) is 7.03. The second-order valence-corrected chi connectivity index (χ2v) is 4.22. The van der Waals surface area contributed by atoms with Crippen LogP contribution in [0.15, 0.2) is 16.6 Å². The molecule has 0 saturated carbocycles. The van der Waals surface area contributed by atoms with Crippen molar-refractivity contribution in [3.05, 3.63) is 28.2 Å². The molecular formula is C11H11BrF2N2O3. The molecule has 0 unspecified atom stereocenters. The molecule has 8 heteroatoms. The number of carbonyl (C=O) groups excluding carboxylic acids is 2. The van der Waals surface area contributed by atoms with Gasteiger partial charge in [-0.3, -0.25) is 4.79 Å². The van der Waals surface area contributed by atoms with E-state index in [0.29, 0.717) is 6.07 Å². The summed E-state index contributed by atoms with van der Waals surface area (Å²) in [5.74, 6) is -2.35. The van der Waals surface area contributed by atoms with E-state index in [2.05, 4.69) is 31.3 Å². The van der Waals surface area contributed by atoms with Gasteiger partial charge in [-0.15, -0.1) is 0 Å². The molecule has 2 N–H and O–H groups in total. The minimum Gasteiger partial charge on any atom is -0.450 e. The van der Waals surface area contributed by atoms with E-state index in [-0.39, 0.29) is 23.3 Å². The van der Waals surface area contributed by atoms with Crippen molar-refractivity contribution in [1.82, 2.24) is 5.32 Å². The maximum Gasteiger partial charge on any atom is 0.407 e. The maximum atomic E-state index is 13.3. The summed E-state index contributed by atoms with van der Waals surface area (Å²) >= 11 is 2.87. The Hall–Kier alpha value is -1.70. The molecule has 0 aliphatic carbocycles. The second-order valence-electron chi connectivity index (χ2n) is 3.37. The standard InChI is InChI=1S/C11H11BrF2N2O3/c1-2-19-11(18)15-5-10(17)16-9-3-6(12)7(13)4-8(9)14/h3-4H,2,5H2,1H3,(H,15,18)(H,16,17). The van der Waals surface area contributed by atoms with Crippen molar-refractivity contribution in [2.45, 2.75) is 6.92 Å². The summed E-state index contributed by atoms with van der Waals surface area (Å²) in [7, 11) is 0. The Morgan fingerprint density at radius 1 is 1.32 bits per heavy atom. The molecule has 1 rings (SSSR count). The molecule has 5 nitrogen and oxygen atoms in total. The lowest BCUT2D eigenvalue weighted by Gasteiger charge is -2.08. The van der Waals surface area contributed by atoms with Gasteiger partial charge in [0.05, 0.1) is 16.8 Å². The minimum absolute atomic E-state index is 0.0163. The molecule has 19 heavy (non-hydrogen) atoms. The lowest BCUT2D eigenvalue weighted by Crippen LogP contribution is -2.33. The van der Waals surface area contributed by atoms with Crippen molar-refractivity contribution in [2.24, 2.45) is 0 Å². The van der Waals surface area contributed by atoms with Gasteiger partial charge in [0.25, 0.3) is 0 Å². The highest BCUT2D eigenvalue weighted by Gasteiger charge is 2.12. The Labute approximate surface area is 116 Å². The topological polar surface area (TPSA) is 67.4 Å². The van der Waals surface area contributed by atoms with E-state index in [9.17, 15) is 18.4 Å². The molecule has 1 aromatic rings. The molecule has 1 aromatic carbocycles. The van der Waals surface area contributed by atoms with Gasteiger partial charge in [0, 0.05) is 6.07 Å². The van der Waals surface area contributed by atoms with Crippen LogP contribution in [0.2, 0.25) is 0 Å². The molecule has 0 spiro atoms. The van der Waals surface area contributed by atoms with Gasteiger partial charge < -0.3 is 15.4 Å². The maximum absolute atomic E-state index is 13.3. The lowest BCUT2D eigenvalue weighted by molar-refractivity contribution is -0.115.